The van der Waals surface area contributed by atoms with Gasteiger partial charge in [0.25, 0.3) is 0 Å². The number of benzene rings is 1. The standard InChI is InChI=1S/C11H11NO2/c12-6-8-13-10-5-1-3-9-4-2-7-14-11(9)10/h1,3,5H,2,4,7-8H2. The molecule has 0 aliphatic carbocycles. The fourth-order valence-electron chi connectivity index (χ4n) is 1.58. The number of hydrogen-bond donors (Lipinski definition) is 0. The van der Waals surface area contributed by atoms with Gasteiger partial charge in [-0.3, -0.25) is 0 Å². The van der Waals surface area contributed by atoms with E-state index in [4.69, 9.17) is 14.7 Å². The van der Waals surface area contributed by atoms with Gasteiger partial charge in [0.15, 0.2) is 18.1 Å². The van der Waals surface area contributed by atoms with Gasteiger partial charge in [0, 0.05) is 0 Å². The second-order valence-corrected chi connectivity index (χ2v) is 3.14. The monoisotopic (exact) mass is 189 g/mol. The van der Waals surface area contributed by atoms with Crippen molar-refractivity contribution in [2.45, 2.75) is 12.8 Å². The summed E-state index contributed by atoms with van der Waals surface area (Å²) < 4.78 is 10.8. The van der Waals surface area contributed by atoms with Crippen LogP contribution >= 0.6 is 0 Å². The first-order valence-corrected chi connectivity index (χ1v) is 4.66. The molecule has 1 aromatic carbocycles. The lowest BCUT2D eigenvalue weighted by Crippen LogP contribution is -2.10. The molecule has 0 bridgehead atoms. The van der Waals surface area contributed by atoms with E-state index in [1.165, 1.54) is 5.56 Å². The summed E-state index contributed by atoms with van der Waals surface area (Å²) in [5.74, 6) is 1.50. The highest BCUT2D eigenvalue weighted by Gasteiger charge is 2.14. The predicted molar refractivity (Wildman–Crippen MR) is 51.4 cm³/mol. The number of hydrogen-bond acceptors (Lipinski definition) is 3. The smallest absolute Gasteiger partial charge is 0.174 e. The second-order valence-electron chi connectivity index (χ2n) is 3.14. The highest BCUT2D eigenvalue weighted by molar-refractivity contribution is 5.47. The molecule has 14 heavy (non-hydrogen) atoms. The van der Waals surface area contributed by atoms with E-state index in [0.717, 1.165) is 25.2 Å². The number of rotatable bonds is 2. The molecule has 72 valence electrons. The van der Waals surface area contributed by atoms with E-state index >= 15 is 0 Å². The molecule has 1 aromatic rings. The number of nitrogens with zero attached hydrogens (tertiary/aromatic N) is 1. The maximum Gasteiger partial charge on any atom is 0.174 e. The summed E-state index contributed by atoms with van der Waals surface area (Å²) in [7, 11) is 0. The van der Waals surface area contributed by atoms with Gasteiger partial charge in [-0.25, -0.2) is 0 Å². The molecule has 2 rings (SSSR count). The molecule has 3 nitrogen and oxygen atoms in total. The first-order chi connectivity index (χ1) is 6.92. The lowest BCUT2D eigenvalue weighted by Gasteiger charge is -2.19. The molecule has 0 fully saturated rings. The minimum atomic E-state index is 0.0693. The van der Waals surface area contributed by atoms with Crippen molar-refractivity contribution in [3.8, 4) is 17.6 Å². The van der Waals surface area contributed by atoms with Crippen LogP contribution in [0.15, 0.2) is 18.2 Å². The van der Waals surface area contributed by atoms with E-state index in [1.54, 1.807) is 0 Å². The summed E-state index contributed by atoms with van der Waals surface area (Å²) in [4.78, 5) is 0. The molecule has 0 spiro atoms. The van der Waals surface area contributed by atoms with Crippen LogP contribution < -0.4 is 9.47 Å². The molecule has 0 N–H and O–H groups in total. The number of fused-ring (bicyclic) bond motifs is 1. The Balaban J connectivity index is 2.27. The largest absolute Gasteiger partial charge is 0.489 e. The van der Waals surface area contributed by atoms with Crippen molar-refractivity contribution in [2.24, 2.45) is 0 Å². The first kappa shape index (κ1) is 8.89. The van der Waals surface area contributed by atoms with E-state index < -0.39 is 0 Å². The van der Waals surface area contributed by atoms with E-state index in [1.807, 2.05) is 24.3 Å². The van der Waals surface area contributed by atoms with Gasteiger partial charge in [-0.05, 0) is 24.5 Å². The normalized spacial score (nSPS) is 13.6. The SMILES string of the molecule is N#CCOc1cccc2c1OCCC2. The first-order valence-electron chi connectivity index (χ1n) is 4.66. The fraction of sp³-hybridized carbons (Fsp3) is 0.364. The summed E-state index contributed by atoms with van der Waals surface area (Å²) in [6, 6.07) is 7.75. The van der Waals surface area contributed by atoms with E-state index in [9.17, 15) is 0 Å². The van der Waals surface area contributed by atoms with Gasteiger partial charge in [0.1, 0.15) is 6.07 Å². The summed E-state index contributed by atoms with van der Waals surface area (Å²) in [6.07, 6.45) is 2.08. The summed E-state index contributed by atoms with van der Waals surface area (Å²) >= 11 is 0. The average Bonchev–Trinajstić information content (AvgIpc) is 2.26. The number of nitriles is 1. The lowest BCUT2D eigenvalue weighted by atomic mass is 10.1. The molecule has 0 atom stereocenters. The van der Waals surface area contributed by atoms with Crippen molar-refractivity contribution < 1.29 is 9.47 Å². The maximum absolute atomic E-state index is 8.42. The third-order valence-electron chi connectivity index (χ3n) is 2.19. The second kappa shape index (κ2) is 4.01. The number of aryl methyl sites for hydroxylation is 1. The maximum atomic E-state index is 8.42. The van der Waals surface area contributed by atoms with Crippen molar-refractivity contribution in [1.29, 1.82) is 5.26 Å². The van der Waals surface area contributed by atoms with E-state index in [0.29, 0.717) is 5.75 Å². The van der Waals surface area contributed by atoms with Crippen LogP contribution in [0.2, 0.25) is 0 Å². The molecule has 0 radical (unpaired) electrons. The van der Waals surface area contributed by atoms with Crippen molar-refractivity contribution in [1.82, 2.24) is 0 Å². The van der Waals surface area contributed by atoms with E-state index in [2.05, 4.69) is 0 Å². The highest BCUT2D eigenvalue weighted by Crippen LogP contribution is 2.34. The minimum Gasteiger partial charge on any atom is -0.489 e. The van der Waals surface area contributed by atoms with Crippen LogP contribution in [0, 0.1) is 11.3 Å². The molecular formula is C11H11NO2. The van der Waals surface area contributed by atoms with Gasteiger partial charge in [-0.15, -0.1) is 0 Å². The van der Waals surface area contributed by atoms with Gasteiger partial charge in [0.2, 0.25) is 0 Å². The molecule has 3 heteroatoms. The molecule has 1 aliphatic rings. The average molecular weight is 189 g/mol. The van der Waals surface area contributed by atoms with Crippen LogP contribution in [-0.4, -0.2) is 13.2 Å². The van der Waals surface area contributed by atoms with Crippen molar-refractivity contribution >= 4 is 0 Å². The topological polar surface area (TPSA) is 42.2 Å². The Labute approximate surface area is 82.9 Å². The molecule has 0 unspecified atom stereocenters. The van der Waals surface area contributed by atoms with Crippen LogP contribution in [0.4, 0.5) is 0 Å². The molecule has 1 heterocycles. The molecule has 0 saturated heterocycles. The Bertz CT molecular complexity index is 368. The lowest BCUT2D eigenvalue weighted by molar-refractivity contribution is 0.263. The summed E-state index contributed by atoms with van der Waals surface area (Å²) in [5, 5.41) is 8.42. The van der Waals surface area contributed by atoms with E-state index in [-0.39, 0.29) is 6.61 Å². The zero-order chi connectivity index (χ0) is 9.80. The molecule has 1 aliphatic heterocycles. The van der Waals surface area contributed by atoms with Gasteiger partial charge >= 0.3 is 0 Å². The highest BCUT2D eigenvalue weighted by atomic mass is 16.5. The molecule has 0 amide bonds. The Morgan fingerprint density at radius 2 is 2.43 bits per heavy atom. The van der Waals surface area contributed by atoms with Crippen LogP contribution in [0.1, 0.15) is 12.0 Å². The predicted octanol–water partition coefficient (Wildman–Crippen LogP) is 1.91. The Hall–Kier alpha value is -1.69. The molecule has 0 saturated carbocycles. The fourth-order valence-corrected chi connectivity index (χ4v) is 1.58. The van der Waals surface area contributed by atoms with Crippen LogP contribution in [0.5, 0.6) is 11.5 Å². The van der Waals surface area contributed by atoms with Gasteiger partial charge in [0.05, 0.1) is 6.61 Å². The van der Waals surface area contributed by atoms with Gasteiger partial charge in [-0.1, -0.05) is 12.1 Å². The zero-order valence-electron chi connectivity index (χ0n) is 7.82. The minimum absolute atomic E-state index is 0.0693. The van der Waals surface area contributed by atoms with Crippen LogP contribution in [0.25, 0.3) is 0 Å². The Morgan fingerprint density at radius 1 is 1.50 bits per heavy atom. The van der Waals surface area contributed by atoms with Crippen LogP contribution in [-0.2, 0) is 6.42 Å². The van der Waals surface area contributed by atoms with Crippen LogP contribution in [0.3, 0.4) is 0 Å². The Kier molecular flexibility index (Phi) is 2.55. The zero-order valence-corrected chi connectivity index (χ0v) is 7.82. The summed E-state index contributed by atoms with van der Waals surface area (Å²) in [6.45, 7) is 0.805. The number of para-hydroxylation sites is 1. The van der Waals surface area contributed by atoms with Crippen molar-refractivity contribution in [2.75, 3.05) is 13.2 Å². The van der Waals surface area contributed by atoms with Gasteiger partial charge < -0.3 is 9.47 Å². The third kappa shape index (κ3) is 1.64. The third-order valence-corrected chi connectivity index (χ3v) is 2.19. The Morgan fingerprint density at radius 3 is 3.29 bits per heavy atom. The van der Waals surface area contributed by atoms with Crippen molar-refractivity contribution in [3.63, 3.8) is 0 Å². The van der Waals surface area contributed by atoms with Gasteiger partial charge in [-0.2, -0.15) is 5.26 Å². The molecular weight excluding hydrogens is 178 g/mol. The molecule has 0 aromatic heterocycles. The van der Waals surface area contributed by atoms with Crippen molar-refractivity contribution in [3.05, 3.63) is 23.8 Å². The number of ether oxygens (including phenoxy) is 2. The quantitative estimate of drug-likeness (QED) is 0.713. The summed E-state index contributed by atoms with van der Waals surface area (Å²) in [5.41, 5.74) is 1.17.